The number of aromatic nitrogens is 1. The molecule has 0 bridgehead atoms. The zero-order valence-corrected chi connectivity index (χ0v) is 15.2. The molecule has 0 radical (unpaired) electrons. The van der Waals surface area contributed by atoms with E-state index in [0.717, 1.165) is 17.8 Å². The minimum atomic E-state index is 0.584. The van der Waals surface area contributed by atoms with Gasteiger partial charge in [0, 0.05) is 44.6 Å². The summed E-state index contributed by atoms with van der Waals surface area (Å²) in [4.78, 5) is 4.51. The average Bonchev–Trinajstić information content (AvgIpc) is 2.92. The standard InChI is InChI=1S/C21H16Cl2N2/c1-2-25-20-6-4-3-5-18(20)19-9-14(7-8-21(19)25)13-24-17-11-15(22)10-16(23)12-17/h3-13H,2H2,1H3. The predicted octanol–water partition coefficient (Wildman–Crippen LogP) is 6.87. The Kier molecular flexibility index (Phi) is 4.24. The number of halogens is 2. The van der Waals surface area contributed by atoms with E-state index in [0.29, 0.717) is 10.0 Å². The van der Waals surface area contributed by atoms with Crippen LogP contribution in [0.25, 0.3) is 21.8 Å². The minimum Gasteiger partial charge on any atom is -0.341 e. The van der Waals surface area contributed by atoms with Crippen molar-refractivity contribution in [1.82, 2.24) is 4.57 Å². The monoisotopic (exact) mass is 366 g/mol. The highest BCUT2D eigenvalue weighted by Crippen LogP contribution is 2.30. The lowest BCUT2D eigenvalue weighted by atomic mass is 10.1. The minimum absolute atomic E-state index is 0.584. The molecule has 0 spiro atoms. The number of aryl methyl sites for hydroxylation is 1. The maximum Gasteiger partial charge on any atom is 0.0659 e. The first kappa shape index (κ1) is 16.2. The molecular weight excluding hydrogens is 351 g/mol. The van der Waals surface area contributed by atoms with Crippen LogP contribution >= 0.6 is 23.2 Å². The number of para-hydroxylation sites is 1. The number of benzene rings is 3. The van der Waals surface area contributed by atoms with Crippen molar-refractivity contribution in [1.29, 1.82) is 0 Å². The summed E-state index contributed by atoms with van der Waals surface area (Å²) < 4.78 is 2.34. The van der Waals surface area contributed by atoms with Crippen molar-refractivity contribution in [2.45, 2.75) is 13.5 Å². The predicted molar refractivity (Wildman–Crippen MR) is 109 cm³/mol. The summed E-state index contributed by atoms with van der Waals surface area (Å²) in [6, 6.07) is 20.2. The van der Waals surface area contributed by atoms with Crippen molar-refractivity contribution in [3.63, 3.8) is 0 Å². The molecule has 4 rings (SSSR count). The van der Waals surface area contributed by atoms with Gasteiger partial charge in [-0.05, 0) is 48.9 Å². The van der Waals surface area contributed by atoms with Gasteiger partial charge in [0.2, 0.25) is 0 Å². The molecule has 0 unspecified atom stereocenters. The average molecular weight is 367 g/mol. The molecule has 3 aromatic carbocycles. The van der Waals surface area contributed by atoms with E-state index in [1.165, 1.54) is 21.8 Å². The van der Waals surface area contributed by atoms with Crippen LogP contribution in [0.1, 0.15) is 12.5 Å². The molecule has 0 aliphatic rings. The quantitative estimate of drug-likeness (QED) is 0.352. The van der Waals surface area contributed by atoms with Gasteiger partial charge < -0.3 is 4.57 Å². The van der Waals surface area contributed by atoms with E-state index in [-0.39, 0.29) is 0 Å². The molecule has 0 amide bonds. The van der Waals surface area contributed by atoms with Crippen LogP contribution in [-0.4, -0.2) is 10.8 Å². The van der Waals surface area contributed by atoms with Crippen LogP contribution in [0.2, 0.25) is 10.0 Å². The van der Waals surface area contributed by atoms with Crippen LogP contribution in [0.5, 0.6) is 0 Å². The third-order valence-corrected chi connectivity index (χ3v) is 4.76. The van der Waals surface area contributed by atoms with Crippen LogP contribution in [-0.2, 0) is 6.54 Å². The molecule has 0 atom stereocenters. The van der Waals surface area contributed by atoms with Gasteiger partial charge in [0.05, 0.1) is 5.69 Å². The van der Waals surface area contributed by atoms with Gasteiger partial charge in [-0.15, -0.1) is 0 Å². The molecule has 0 saturated heterocycles. The van der Waals surface area contributed by atoms with E-state index in [2.05, 4.69) is 58.9 Å². The lowest BCUT2D eigenvalue weighted by Gasteiger charge is -2.02. The third kappa shape index (κ3) is 3.04. The van der Waals surface area contributed by atoms with E-state index in [9.17, 15) is 0 Å². The summed E-state index contributed by atoms with van der Waals surface area (Å²) >= 11 is 12.1. The molecule has 124 valence electrons. The first-order valence-electron chi connectivity index (χ1n) is 8.17. The molecule has 0 fully saturated rings. The second-order valence-corrected chi connectivity index (χ2v) is 6.80. The zero-order valence-electron chi connectivity index (χ0n) is 13.7. The molecule has 1 heterocycles. The maximum absolute atomic E-state index is 6.03. The fourth-order valence-electron chi connectivity index (χ4n) is 3.26. The Morgan fingerprint density at radius 3 is 2.36 bits per heavy atom. The summed E-state index contributed by atoms with van der Waals surface area (Å²) in [5.74, 6) is 0. The van der Waals surface area contributed by atoms with Crippen molar-refractivity contribution < 1.29 is 0 Å². The molecule has 4 aromatic rings. The highest BCUT2D eigenvalue weighted by Gasteiger charge is 2.09. The van der Waals surface area contributed by atoms with E-state index in [1.54, 1.807) is 18.2 Å². The maximum atomic E-state index is 6.03. The van der Waals surface area contributed by atoms with Crippen LogP contribution in [0.15, 0.2) is 65.7 Å². The topological polar surface area (TPSA) is 17.3 Å². The number of nitrogens with zero attached hydrogens (tertiary/aromatic N) is 2. The second kappa shape index (κ2) is 6.55. The summed E-state index contributed by atoms with van der Waals surface area (Å²) in [7, 11) is 0. The Morgan fingerprint density at radius 1 is 0.880 bits per heavy atom. The van der Waals surface area contributed by atoms with Crippen molar-refractivity contribution in [2.75, 3.05) is 0 Å². The van der Waals surface area contributed by atoms with Crippen molar-refractivity contribution in [3.8, 4) is 0 Å². The Labute approximate surface area is 156 Å². The van der Waals surface area contributed by atoms with Crippen molar-refractivity contribution in [2.24, 2.45) is 4.99 Å². The number of hydrogen-bond donors (Lipinski definition) is 0. The smallest absolute Gasteiger partial charge is 0.0659 e. The lowest BCUT2D eigenvalue weighted by Crippen LogP contribution is -1.92. The number of aliphatic imine (C=N–C) groups is 1. The molecule has 2 nitrogen and oxygen atoms in total. The fourth-order valence-corrected chi connectivity index (χ4v) is 3.77. The van der Waals surface area contributed by atoms with E-state index < -0.39 is 0 Å². The summed E-state index contributed by atoms with van der Waals surface area (Å²) in [5.41, 5.74) is 4.29. The third-order valence-electron chi connectivity index (χ3n) is 4.32. The summed E-state index contributed by atoms with van der Waals surface area (Å²) in [6.07, 6.45) is 1.85. The van der Waals surface area contributed by atoms with Gasteiger partial charge in [0.15, 0.2) is 0 Å². The van der Waals surface area contributed by atoms with Gasteiger partial charge in [-0.3, -0.25) is 4.99 Å². The first-order valence-corrected chi connectivity index (χ1v) is 8.92. The first-order chi connectivity index (χ1) is 12.2. The fraction of sp³-hybridized carbons (Fsp3) is 0.0952. The number of fused-ring (bicyclic) bond motifs is 3. The molecule has 0 saturated carbocycles. The Balaban J connectivity index is 1.81. The summed E-state index contributed by atoms with van der Waals surface area (Å²) in [5, 5.41) is 3.67. The van der Waals surface area contributed by atoms with Crippen LogP contribution < -0.4 is 0 Å². The van der Waals surface area contributed by atoms with Crippen molar-refractivity contribution >= 4 is 56.9 Å². The molecule has 25 heavy (non-hydrogen) atoms. The molecular formula is C21H16Cl2N2. The zero-order chi connectivity index (χ0) is 17.4. The van der Waals surface area contributed by atoms with E-state index >= 15 is 0 Å². The molecule has 0 aliphatic heterocycles. The lowest BCUT2D eigenvalue weighted by molar-refractivity contribution is 0.827. The van der Waals surface area contributed by atoms with Crippen LogP contribution in [0.3, 0.4) is 0 Å². The molecule has 0 aliphatic carbocycles. The molecule has 4 heteroatoms. The summed E-state index contributed by atoms with van der Waals surface area (Å²) in [6.45, 7) is 3.11. The van der Waals surface area contributed by atoms with Gasteiger partial charge in [-0.2, -0.15) is 0 Å². The highest BCUT2D eigenvalue weighted by atomic mass is 35.5. The van der Waals surface area contributed by atoms with Crippen LogP contribution in [0, 0.1) is 0 Å². The van der Waals surface area contributed by atoms with Gasteiger partial charge in [0.25, 0.3) is 0 Å². The van der Waals surface area contributed by atoms with Crippen LogP contribution in [0.4, 0.5) is 5.69 Å². The molecule has 1 aromatic heterocycles. The van der Waals surface area contributed by atoms with E-state index in [1.807, 2.05) is 6.21 Å². The Bertz CT molecular complexity index is 1090. The Hall–Kier alpha value is -2.29. The Morgan fingerprint density at radius 2 is 1.60 bits per heavy atom. The van der Waals surface area contributed by atoms with Gasteiger partial charge in [0.1, 0.15) is 0 Å². The molecule has 0 N–H and O–H groups in total. The number of rotatable bonds is 3. The largest absolute Gasteiger partial charge is 0.341 e. The van der Waals surface area contributed by atoms with Crippen molar-refractivity contribution in [3.05, 3.63) is 76.3 Å². The van der Waals surface area contributed by atoms with Gasteiger partial charge >= 0.3 is 0 Å². The highest BCUT2D eigenvalue weighted by molar-refractivity contribution is 6.35. The second-order valence-electron chi connectivity index (χ2n) is 5.92. The van der Waals surface area contributed by atoms with E-state index in [4.69, 9.17) is 23.2 Å². The SMILES string of the molecule is CCn1c2ccccc2c2cc(C=Nc3cc(Cl)cc(Cl)c3)ccc21. The normalized spacial score (nSPS) is 11.8. The number of hydrogen-bond acceptors (Lipinski definition) is 1. The van der Waals surface area contributed by atoms with Gasteiger partial charge in [-0.1, -0.05) is 47.5 Å². The van der Waals surface area contributed by atoms with Gasteiger partial charge in [-0.25, -0.2) is 0 Å².